The molecule has 3 heterocycles. The maximum absolute atomic E-state index is 12.6. The number of amides is 3. The number of nitrogens with one attached hydrogen (secondary N) is 1. The topological polar surface area (TPSA) is 84.9 Å². The lowest BCUT2D eigenvalue weighted by molar-refractivity contribution is -0.153. The molecule has 3 amide bonds. The molecule has 7 heteroatoms. The van der Waals surface area contributed by atoms with E-state index in [0.717, 1.165) is 29.0 Å². The third-order valence-corrected chi connectivity index (χ3v) is 5.67. The fourth-order valence-electron chi connectivity index (χ4n) is 4.07. The van der Waals surface area contributed by atoms with E-state index in [2.05, 4.69) is 5.43 Å². The molecule has 7 nitrogen and oxygen atoms in total. The summed E-state index contributed by atoms with van der Waals surface area (Å²) in [7, 11) is 0. The Morgan fingerprint density at radius 2 is 1.77 bits per heavy atom. The number of imide groups is 1. The minimum Gasteiger partial charge on any atom is -0.481 e. The van der Waals surface area contributed by atoms with Crippen molar-refractivity contribution in [3.63, 3.8) is 0 Å². The van der Waals surface area contributed by atoms with Gasteiger partial charge in [0.25, 0.3) is 17.7 Å². The van der Waals surface area contributed by atoms with Crippen molar-refractivity contribution in [3.8, 4) is 5.75 Å². The van der Waals surface area contributed by atoms with Gasteiger partial charge in [-0.2, -0.15) is 5.01 Å². The first kappa shape index (κ1) is 17.0. The molecule has 0 saturated carbocycles. The first-order valence-corrected chi connectivity index (χ1v) is 8.94. The quantitative estimate of drug-likeness (QED) is 0.819. The van der Waals surface area contributed by atoms with Crippen molar-refractivity contribution < 1.29 is 23.9 Å². The van der Waals surface area contributed by atoms with Crippen LogP contribution in [0.1, 0.15) is 30.9 Å². The minimum absolute atomic E-state index is 0.201. The molecule has 5 atom stereocenters. The molecule has 1 aromatic rings. The maximum Gasteiger partial charge on any atom is 0.279 e. The number of aryl methyl sites for hydroxylation is 2. The fourth-order valence-corrected chi connectivity index (χ4v) is 4.07. The average molecular weight is 358 g/mol. The highest BCUT2D eigenvalue weighted by Gasteiger charge is 2.63. The van der Waals surface area contributed by atoms with Gasteiger partial charge in [0.15, 0.2) is 6.10 Å². The summed E-state index contributed by atoms with van der Waals surface area (Å²) in [6.07, 6.45) is 0.337. The standard InChI is InChI=1S/C19H22N2O5/c1-9-4-5-12(8-10(9)2)25-11(3)17(22)20-21-18(23)15-13-6-7-14(26-13)16(15)19(21)24/h4-5,8,11,13-16H,6-7H2,1-3H3,(H,20,22)/t11-,13+,14+,15-,16+/m0/s1. The molecule has 26 heavy (non-hydrogen) atoms. The van der Waals surface area contributed by atoms with Crippen LogP contribution < -0.4 is 10.2 Å². The number of ether oxygens (including phenoxy) is 2. The van der Waals surface area contributed by atoms with Crippen molar-refractivity contribution in [1.82, 2.24) is 10.4 Å². The van der Waals surface area contributed by atoms with Crippen LogP contribution in [0.2, 0.25) is 0 Å². The summed E-state index contributed by atoms with van der Waals surface area (Å²) in [5.41, 5.74) is 4.63. The van der Waals surface area contributed by atoms with E-state index in [0.29, 0.717) is 5.75 Å². The molecule has 0 aliphatic carbocycles. The van der Waals surface area contributed by atoms with Gasteiger partial charge in [0, 0.05) is 0 Å². The second-order valence-corrected chi connectivity index (χ2v) is 7.34. The summed E-state index contributed by atoms with van der Waals surface area (Å²) in [5.74, 6) is -1.63. The number of fused-ring (bicyclic) bond motifs is 5. The molecule has 3 aliphatic rings. The Balaban J connectivity index is 1.42. The van der Waals surface area contributed by atoms with Gasteiger partial charge >= 0.3 is 0 Å². The van der Waals surface area contributed by atoms with E-state index in [9.17, 15) is 14.4 Å². The van der Waals surface area contributed by atoms with Gasteiger partial charge in [-0.05, 0) is 56.9 Å². The maximum atomic E-state index is 12.6. The Bertz CT molecular complexity index is 764. The second kappa shape index (κ2) is 6.09. The predicted molar refractivity (Wildman–Crippen MR) is 90.9 cm³/mol. The highest BCUT2D eigenvalue weighted by Crippen LogP contribution is 2.48. The number of hydrazine groups is 1. The van der Waals surface area contributed by atoms with Crippen LogP contribution in [0.15, 0.2) is 18.2 Å². The molecule has 0 spiro atoms. The molecule has 0 unspecified atom stereocenters. The van der Waals surface area contributed by atoms with Crippen LogP contribution in [-0.2, 0) is 19.1 Å². The van der Waals surface area contributed by atoms with Crippen molar-refractivity contribution in [1.29, 1.82) is 0 Å². The van der Waals surface area contributed by atoms with Gasteiger partial charge in [-0.1, -0.05) is 6.07 Å². The summed E-state index contributed by atoms with van der Waals surface area (Å²) in [5, 5.41) is 0.867. The smallest absolute Gasteiger partial charge is 0.279 e. The van der Waals surface area contributed by atoms with Gasteiger partial charge in [-0.15, -0.1) is 0 Å². The highest BCUT2D eigenvalue weighted by molar-refractivity contribution is 6.07. The Labute approximate surface area is 151 Å². The van der Waals surface area contributed by atoms with E-state index >= 15 is 0 Å². The molecule has 3 fully saturated rings. The largest absolute Gasteiger partial charge is 0.481 e. The van der Waals surface area contributed by atoms with Gasteiger partial charge < -0.3 is 9.47 Å². The molecule has 0 radical (unpaired) electrons. The minimum atomic E-state index is -0.842. The van der Waals surface area contributed by atoms with E-state index in [1.54, 1.807) is 13.0 Å². The summed E-state index contributed by atoms with van der Waals surface area (Å²) < 4.78 is 11.3. The van der Waals surface area contributed by atoms with Crippen molar-refractivity contribution in [2.45, 2.75) is 51.9 Å². The van der Waals surface area contributed by atoms with Gasteiger partial charge in [0.1, 0.15) is 5.75 Å². The number of hydrogen-bond acceptors (Lipinski definition) is 5. The SMILES string of the molecule is Cc1ccc(O[C@@H](C)C(=O)NN2C(=O)[C@@H]3[C@H](C2=O)[C@H]2CC[C@H]3O2)cc1C. The highest BCUT2D eigenvalue weighted by atomic mass is 16.5. The summed E-state index contributed by atoms with van der Waals surface area (Å²) in [6, 6.07) is 5.56. The van der Waals surface area contributed by atoms with Crippen molar-refractivity contribution >= 4 is 17.7 Å². The molecule has 1 aromatic carbocycles. The first-order valence-electron chi connectivity index (χ1n) is 8.94. The molecular formula is C19H22N2O5. The molecule has 3 saturated heterocycles. The second-order valence-electron chi connectivity index (χ2n) is 7.34. The van der Waals surface area contributed by atoms with Crippen LogP contribution in [0.4, 0.5) is 0 Å². The van der Waals surface area contributed by atoms with Crippen molar-refractivity contribution in [2.24, 2.45) is 11.8 Å². The van der Waals surface area contributed by atoms with Crippen LogP contribution in [0.5, 0.6) is 5.75 Å². The van der Waals surface area contributed by atoms with Crippen LogP contribution in [0.25, 0.3) is 0 Å². The number of carbonyl (C=O) groups excluding carboxylic acids is 3. The Kier molecular flexibility index (Phi) is 3.99. The number of rotatable bonds is 4. The Morgan fingerprint density at radius 1 is 1.15 bits per heavy atom. The zero-order valence-corrected chi connectivity index (χ0v) is 15.0. The lowest BCUT2D eigenvalue weighted by atomic mass is 9.81. The molecule has 1 N–H and O–H groups in total. The van der Waals surface area contributed by atoms with E-state index in [1.807, 2.05) is 26.0 Å². The molecule has 3 aliphatic heterocycles. The van der Waals surface area contributed by atoms with Gasteiger partial charge in [-0.25, -0.2) is 0 Å². The number of benzene rings is 1. The van der Waals surface area contributed by atoms with Gasteiger partial charge in [0.05, 0.1) is 24.0 Å². The van der Waals surface area contributed by atoms with Crippen molar-refractivity contribution in [3.05, 3.63) is 29.3 Å². The molecule has 2 bridgehead atoms. The van der Waals surface area contributed by atoms with E-state index in [1.165, 1.54) is 0 Å². The predicted octanol–water partition coefficient (Wildman–Crippen LogP) is 1.26. The Hall–Kier alpha value is -2.41. The third-order valence-electron chi connectivity index (χ3n) is 5.67. The number of nitrogens with zero attached hydrogens (tertiary/aromatic N) is 1. The van der Waals surface area contributed by atoms with Crippen molar-refractivity contribution in [2.75, 3.05) is 0 Å². The fraction of sp³-hybridized carbons (Fsp3) is 0.526. The zero-order chi connectivity index (χ0) is 18.6. The third kappa shape index (κ3) is 2.58. The van der Waals surface area contributed by atoms with Gasteiger partial charge in [-0.3, -0.25) is 19.8 Å². The molecule has 138 valence electrons. The number of carbonyl (C=O) groups is 3. The lowest BCUT2D eigenvalue weighted by Crippen LogP contribution is -2.51. The van der Waals surface area contributed by atoms with E-state index in [4.69, 9.17) is 9.47 Å². The Morgan fingerprint density at radius 3 is 2.35 bits per heavy atom. The number of hydrogen-bond donors (Lipinski definition) is 1. The lowest BCUT2D eigenvalue weighted by Gasteiger charge is -2.21. The zero-order valence-electron chi connectivity index (χ0n) is 15.0. The average Bonchev–Trinajstić information content (AvgIpc) is 3.28. The van der Waals surface area contributed by atoms with Crippen LogP contribution in [0, 0.1) is 25.7 Å². The molecular weight excluding hydrogens is 336 g/mol. The summed E-state index contributed by atoms with van der Waals surface area (Å²) >= 11 is 0. The van der Waals surface area contributed by atoms with E-state index < -0.39 is 23.8 Å². The summed E-state index contributed by atoms with van der Waals surface area (Å²) in [6.45, 7) is 5.54. The van der Waals surface area contributed by atoms with Crippen LogP contribution in [0.3, 0.4) is 0 Å². The monoisotopic (exact) mass is 358 g/mol. The normalized spacial score (nSPS) is 30.5. The molecule has 0 aromatic heterocycles. The molecule has 4 rings (SSSR count). The van der Waals surface area contributed by atoms with E-state index in [-0.39, 0.29) is 24.0 Å². The van der Waals surface area contributed by atoms with Crippen LogP contribution in [-0.4, -0.2) is 41.0 Å². The van der Waals surface area contributed by atoms with Crippen LogP contribution >= 0.6 is 0 Å². The first-order chi connectivity index (χ1) is 12.4. The summed E-state index contributed by atoms with van der Waals surface area (Å²) in [4.78, 5) is 37.5. The van der Waals surface area contributed by atoms with Gasteiger partial charge in [0.2, 0.25) is 0 Å².